The standard InChI is InChI=1S/C16H26N2O2/c1-4-10-18(11-12-19)16(20)17-13(3)15-8-6-14(5-2)7-9-15/h6-9,13,19H,4-5,10-12H2,1-3H3,(H,17,20). The largest absolute Gasteiger partial charge is 0.395 e. The van der Waals surface area contributed by atoms with Crippen LogP contribution in [0.4, 0.5) is 4.79 Å². The summed E-state index contributed by atoms with van der Waals surface area (Å²) < 4.78 is 0. The first-order chi connectivity index (χ1) is 9.62. The van der Waals surface area contributed by atoms with Crippen molar-refractivity contribution in [2.75, 3.05) is 19.7 Å². The van der Waals surface area contributed by atoms with Crippen molar-refractivity contribution in [1.82, 2.24) is 10.2 Å². The Bertz CT molecular complexity index is 397. The summed E-state index contributed by atoms with van der Waals surface area (Å²) >= 11 is 0. The average molecular weight is 278 g/mol. The number of aryl methyl sites for hydroxylation is 1. The van der Waals surface area contributed by atoms with Gasteiger partial charge in [-0.2, -0.15) is 0 Å². The van der Waals surface area contributed by atoms with E-state index < -0.39 is 0 Å². The molecular weight excluding hydrogens is 252 g/mol. The van der Waals surface area contributed by atoms with Gasteiger partial charge in [-0.3, -0.25) is 0 Å². The number of nitrogens with one attached hydrogen (secondary N) is 1. The van der Waals surface area contributed by atoms with Crippen molar-refractivity contribution in [2.45, 2.75) is 39.7 Å². The summed E-state index contributed by atoms with van der Waals surface area (Å²) in [6, 6.07) is 8.14. The van der Waals surface area contributed by atoms with Crippen LogP contribution in [0.2, 0.25) is 0 Å². The number of aliphatic hydroxyl groups is 1. The summed E-state index contributed by atoms with van der Waals surface area (Å²) in [6.07, 6.45) is 1.90. The topological polar surface area (TPSA) is 52.6 Å². The highest BCUT2D eigenvalue weighted by Crippen LogP contribution is 2.14. The average Bonchev–Trinajstić information content (AvgIpc) is 2.47. The third-order valence-electron chi connectivity index (χ3n) is 3.38. The number of nitrogens with zero attached hydrogens (tertiary/aromatic N) is 1. The molecule has 0 spiro atoms. The van der Waals surface area contributed by atoms with Crippen LogP contribution in [-0.2, 0) is 6.42 Å². The number of aliphatic hydroxyl groups excluding tert-OH is 1. The second-order valence-electron chi connectivity index (χ2n) is 4.98. The van der Waals surface area contributed by atoms with E-state index in [1.54, 1.807) is 4.90 Å². The highest BCUT2D eigenvalue weighted by atomic mass is 16.3. The second kappa shape index (κ2) is 8.59. The maximum absolute atomic E-state index is 12.1. The summed E-state index contributed by atoms with van der Waals surface area (Å²) in [4.78, 5) is 13.8. The molecule has 2 N–H and O–H groups in total. The van der Waals surface area contributed by atoms with Crippen molar-refractivity contribution in [3.8, 4) is 0 Å². The van der Waals surface area contributed by atoms with Gasteiger partial charge in [0.25, 0.3) is 0 Å². The van der Waals surface area contributed by atoms with Gasteiger partial charge in [0.1, 0.15) is 0 Å². The van der Waals surface area contributed by atoms with Gasteiger partial charge in [-0.15, -0.1) is 0 Å². The van der Waals surface area contributed by atoms with Crippen LogP contribution in [0, 0.1) is 0 Å². The first kappa shape index (κ1) is 16.5. The molecule has 112 valence electrons. The minimum absolute atomic E-state index is 0.00695. The Labute approximate surface area is 121 Å². The van der Waals surface area contributed by atoms with E-state index in [9.17, 15) is 4.79 Å². The molecule has 1 aromatic carbocycles. The molecule has 0 aliphatic rings. The molecule has 0 heterocycles. The summed E-state index contributed by atoms with van der Waals surface area (Å²) in [5.41, 5.74) is 2.39. The monoisotopic (exact) mass is 278 g/mol. The molecule has 20 heavy (non-hydrogen) atoms. The maximum atomic E-state index is 12.1. The van der Waals surface area contributed by atoms with Gasteiger partial charge in [0.05, 0.1) is 12.6 Å². The Morgan fingerprint density at radius 1 is 1.25 bits per heavy atom. The van der Waals surface area contributed by atoms with Crippen LogP contribution < -0.4 is 5.32 Å². The molecule has 0 fully saturated rings. The lowest BCUT2D eigenvalue weighted by molar-refractivity contribution is 0.174. The first-order valence-electron chi connectivity index (χ1n) is 7.37. The Hall–Kier alpha value is -1.55. The molecular formula is C16H26N2O2. The van der Waals surface area contributed by atoms with Crippen LogP contribution in [0.15, 0.2) is 24.3 Å². The van der Waals surface area contributed by atoms with Gasteiger partial charge in [0.2, 0.25) is 0 Å². The lowest BCUT2D eigenvalue weighted by Gasteiger charge is -2.24. The minimum Gasteiger partial charge on any atom is -0.395 e. The zero-order valence-electron chi connectivity index (χ0n) is 12.7. The fourth-order valence-electron chi connectivity index (χ4n) is 2.11. The van der Waals surface area contributed by atoms with Gasteiger partial charge in [-0.05, 0) is 30.9 Å². The van der Waals surface area contributed by atoms with Gasteiger partial charge < -0.3 is 15.3 Å². The van der Waals surface area contributed by atoms with Crippen LogP contribution >= 0.6 is 0 Å². The van der Waals surface area contributed by atoms with E-state index in [4.69, 9.17) is 5.11 Å². The molecule has 0 saturated carbocycles. The summed E-state index contributed by atoms with van der Waals surface area (Å²) in [7, 11) is 0. The highest BCUT2D eigenvalue weighted by Gasteiger charge is 2.15. The van der Waals surface area contributed by atoms with Crippen LogP contribution in [0.25, 0.3) is 0 Å². The van der Waals surface area contributed by atoms with Crippen LogP contribution in [0.1, 0.15) is 44.4 Å². The smallest absolute Gasteiger partial charge is 0.317 e. The van der Waals surface area contributed by atoms with Crippen LogP contribution in [0.5, 0.6) is 0 Å². The van der Waals surface area contributed by atoms with Gasteiger partial charge in [0.15, 0.2) is 0 Å². The number of hydrogen-bond acceptors (Lipinski definition) is 2. The number of carbonyl (C=O) groups is 1. The van der Waals surface area contributed by atoms with Crippen molar-refractivity contribution in [3.63, 3.8) is 0 Å². The van der Waals surface area contributed by atoms with Gasteiger partial charge in [0, 0.05) is 13.1 Å². The molecule has 1 rings (SSSR count). The molecule has 2 amide bonds. The molecule has 1 unspecified atom stereocenters. The number of benzene rings is 1. The number of carbonyl (C=O) groups excluding carboxylic acids is 1. The normalized spacial score (nSPS) is 12.0. The lowest BCUT2D eigenvalue weighted by atomic mass is 10.1. The molecule has 4 heteroatoms. The summed E-state index contributed by atoms with van der Waals surface area (Å²) in [5.74, 6) is 0. The lowest BCUT2D eigenvalue weighted by Crippen LogP contribution is -2.42. The van der Waals surface area contributed by atoms with E-state index in [0.717, 1.165) is 18.4 Å². The van der Waals surface area contributed by atoms with Crippen molar-refractivity contribution >= 4 is 6.03 Å². The molecule has 0 aromatic heterocycles. The fraction of sp³-hybridized carbons (Fsp3) is 0.562. The third kappa shape index (κ3) is 4.85. The molecule has 0 radical (unpaired) electrons. The van der Waals surface area contributed by atoms with E-state index in [2.05, 4.69) is 36.5 Å². The SMILES string of the molecule is CCCN(CCO)C(=O)NC(C)c1ccc(CC)cc1. The third-order valence-corrected chi connectivity index (χ3v) is 3.38. The van der Waals surface area contributed by atoms with Crippen molar-refractivity contribution in [2.24, 2.45) is 0 Å². The fourth-order valence-corrected chi connectivity index (χ4v) is 2.11. The quantitative estimate of drug-likeness (QED) is 0.805. The number of rotatable bonds is 7. The van der Waals surface area contributed by atoms with Gasteiger partial charge in [-0.25, -0.2) is 4.79 Å². The molecule has 0 saturated heterocycles. The summed E-state index contributed by atoms with van der Waals surface area (Å²) in [6.45, 7) is 7.15. The predicted molar refractivity (Wildman–Crippen MR) is 81.7 cm³/mol. The Balaban J connectivity index is 2.62. The van der Waals surface area contributed by atoms with E-state index in [1.165, 1.54) is 5.56 Å². The highest BCUT2D eigenvalue weighted by molar-refractivity contribution is 5.74. The number of hydrogen-bond donors (Lipinski definition) is 2. The van der Waals surface area contributed by atoms with Crippen molar-refractivity contribution in [3.05, 3.63) is 35.4 Å². The van der Waals surface area contributed by atoms with Gasteiger partial charge in [-0.1, -0.05) is 38.1 Å². The molecule has 4 nitrogen and oxygen atoms in total. The predicted octanol–water partition coefficient (Wildman–Crippen LogP) is 2.72. The van der Waals surface area contributed by atoms with Gasteiger partial charge >= 0.3 is 6.03 Å². The molecule has 1 atom stereocenters. The summed E-state index contributed by atoms with van der Waals surface area (Å²) in [5, 5.41) is 12.0. The van der Waals surface area contributed by atoms with E-state index in [1.807, 2.05) is 13.8 Å². The van der Waals surface area contributed by atoms with E-state index in [-0.39, 0.29) is 18.7 Å². The van der Waals surface area contributed by atoms with E-state index >= 15 is 0 Å². The maximum Gasteiger partial charge on any atom is 0.317 e. The second-order valence-corrected chi connectivity index (χ2v) is 4.98. The zero-order valence-corrected chi connectivity index (χ0v) is 12.7. The Morgan fingerprint density at radius 2 is 1.90 bits per heavy atom. The van der Waals surface area contributed by atoms with Crippen LogP contribution in [-0.4, -0.2) is 35.7 Å². The zero-order chi connectivity index (χ0) is 15.0. The Morgan fingerprint density at radius 3 is 2.40 bits per heavy atom. The van der Waals surface area contributed by atoms with E-state index in [0.29, 0.717) is 13.1 Å². The molecule has 0 aliphatic heterocycles. The minimum atomic E-state index is -0.118. The number of urea groups is 1. The Kier molecular flexibility index (Phi) is 7.09. The van der Waals surface area contributed by atoms with Crippen molar-refractivity contribution < 1.29 is 9.90 Å². The molecule has 0 bridgehead atoms. The molecule has 0 aliphatic carbocycles. The first-order valence-corrected chi connectivity index (χ1v) is 7.37. The molecule has 1 aromatic rings. The van der Waals surface area contributed by atoms with Crippen molar-refractivity contribution in [1.29, 1.82) is 0 Å². The number of amides is 2. The van der Waals surface area contributed by atoms with Crippen LogP contribution in [0.3, 0.4) is 0 Å².